The maximum atomic E-state index is 14.0. The van der Waals surface area contributed by atoms with E-state index in [0.29, 0.717) is 5.76 Å². The molecule has 0 saturated carbocycles. The minimum absolute atomic E-state index is 0.0203. The predicted octanol–water partition coefficient (Wildman–Crippen LogP) is 5.81. The van der Waals surface area contributed by atoms with Crippen molar-refractivity contribution in [3.05, 3.63) is 86.8 Å². The number of hydrogen-bond acceptors (Lipinski definition) is 5. The first-order chi connectivity index (χ1) is 15.6. The van der Waals surface area contributed by atoms with Gasteiger partial charge in [0.25, 0.3) is 11.7 Å². The van der Waals surface area contributed by atoms with Gasteiger partial charge in [-0.25, -0.2) is 8.78 Å². The Morgan fingerprint density at radius 1 is 1.09 bits per heavy atom. The van der Waals surface area contributed by atoms with Crippen LogP contribution >= 0.6 is 23.2 Å². The molecule has 1 aromatic heterocycles. The van der Waals surface area contributed by atoms with Crippen LogP contribution < -0.4 is 9.64 Å². The fraction of sp³-hybridized carbons (Fsp3) is 0.130. The van der Waals surface area contributed by atoms with Crippen LogP contribution in [0.4, 0.5) is 14.5 Å². The number of aryl methyl sites for hydroxylation is 1. The summed E-state index contributed by atoms with van der Waals surface area (Å²) in [6.45, 7) is 1.65. The number of methoxy groups -OCH3 is 1. The molecular formula is C23H15Cl2F2NO5. The zero-order chi connectivity index (χ0) is 24.0. The fourth-order valence-corrected chi connectivity index (χ4v) is 4.26. The van der Waals surface area contributed by atoms with E-state index < -0.39 is 35.1 Å². The van der Waals surface area contributed by atoms with Gasteiger partial charge in [0.05, 0.1) is 23.3 Å². The average Bonchev–Trinajstić information content (AvgIpc) is 3.30. The summed E-state index contributed by atoms with van der Waals surface area (Å²) in [6.07, 6.45) is 0. The number of anilines is 1. The summed E-state index contributed by atoms with van der Waals surface area (Å²) < 4.78 is 38.4. The van der Waals surface area contributed by atoms with Crippen molar-refractivity contribution in [1.82, 2.24) is 0 Å². The van der Waals surface area contributed by atoms with Gasteiger partial charge in [-0.1, -0.05) is 23.2 Å². The third-order valence-corrected chi connectivity index (χ3v) is 5.62. The van der Waals surface area contributed by atoms with Crippen molar-refractivity contribution in [1.29, 1.82) is 0 Å². The van der Waals surface area contributed by atoms with Crippen molar-refractivity contribution in [2.75, 3.05) is 12.0 Å². The highest BCUT2D eigenvalue weighted by Gasteiger charge is 2.49. The van der Waals surface area contributed by atoms with Gasteiger partial charge in [0.15, 0.2) is 11.6 Å². The second-order valence-corrected chi connectivity index (χ2v) is 8.03. The quantitative estimate of drug-likeness (QED) is 0.282. The van der Waals surface area contributed by atoms with Crippen molar-refractivity contribution in [2.45, 2.75) is 13.0 Å². The molecule has 0 radical (unpaired) electrons. The number of Topliss-reactive ketones (excluding diaryl/α,β-unsaturated/α-hetero) is 1. The molecule has 1 atom stereocenters. The number of rotatable bonds is 4. The summed E-state index contributed by atoms with van der Waals surface area (Å²) in [4.78, 5) is 27.0. The van der Waals surface area contributed by atoms with Crippen LogP contribution in [0.15, 0.2) is 52.5 Å². The van der Waals surface area contributed by atoms with Gasteiger partial charge in [-0.05, 0) is 43.3 Å². The van der Waals surface area contributed by atoms with Crippen LogP contribution in [0.5, 0.6) is 5.75 Å². The molecule has 0 spiro atoms. The Morgan fingerprint density at radius 3 is 2.42 bits per heavy atom. The van der Waals surface area contributed by atoms with Crippen LogP contribution in [0.1, 0.15) is 23.1 Å². The second kappa shape index (κ2) is 8.53. The molecule has 6 nitrogen and oxygen atoms in total. The molecule has 1 fully saturated rings. The molecule has 2 aromatic carbocycles. The summed E-state index contributed by atoms with van der Waals surface area (Å²) in [5.41, 5.74) is -0.507. The van der Waals surface area contributed by atoms with Crippen LogP contribution in [0.3, 0.4) is 0 Å². The summed E-state index contributed by atoms with van der Waals surface area (Å²) in [5, 5.41) is 11.4. The third kappa shape index (κ3) is 3.85. The first-order valence-corrected chi connectivity index (χ1v) is 10.3. The molecular weight excluding hydrogens is 479 g/mol. The number of aliphatic hydroxyl groups excluding tert-OH is 1. The Hall–Kier alpha value is -3.36. The van der Waals surface area contributed by atoms with E-state index in [1.165, 1.54) is 25.3 Å². The molecule has 0 bridgehead atoms. The number of aliphatic hydroxyl groups is 1. The summed E-state index contributed by atoms with van der Waals surface area (Å²) >= 11 is 12.2. The maximum absolute atomic E-state index is 14.0. The van der Waals surface area contributed by atoms with Gasteiger partial charge in [0.2, 0.25) is 0 Å². The topological polar surface area (TPSA) is 80.0 Å². The SMILES string of the molecule is COc1c(Cl)cc(Cl)cc1/C(O)=C1\C(=O)C(=O)N(c2ccc(F)c(F)c2)C1c1ccc(C)o1. The van der Waals surface area contributed by atoms with E-state index in [4.69, 9.17) is 32.4 Å². The second-order valence-electron chi connectivity index (χ2n) is 7.18. The first kappa shape index (κ1) is 22.8. The number of halogens is 4. The zero-order valence-electron chi connectivity index (χ0n) is 17.2. The molecule has 0 aliphatic carbocycles. The summed E-state index contributed by atoms with van der Waals surface area (Å²) in [6, 6.07) is 7.26. The Labute approximate surface area is 196 Å². The van der Waals surface area contributed by atoms with E-state index >= 15 is 0 Å². The minimum atomic E-state index is -1.29. The van der Waals surface area contributed by atoms with Gasteiger partial charge in [0.1, 0.15) is 29.1 Å². The lowest BCUT2D eigenvalue weighted by atomic mass is 9.98. The van der Waals surface area contributed by atoms with E-state index in [0.717, 1.165) is 23.1 Å². The summed E-state index contributed by atoms with van der Waals surface area (Å²) in [5.74, 6) is -4.52. The molecule has 2 heterocycles. The monoisotopic (exact) mass is 493 g/mol. The van der Waals surface area contributed by atoms with E-state index in [9.17, 15) is 23.5 Å². The van der Waals surface area contributed by atoms with Gasteiger partial charge < -0.3 is 14.3 Å². The van der Waals surface area contributed by atoms with Crippen LogP contribution in [-0.2, 0) is 9.59 Å². The fourth-order valence-electron chi connectivity index (χ4n) is 3.69. The number of nitrogens with zero attached hydrogens (tertiary/aromatic N) is 1. The van der Waals surface area contributed by atoms with E-state index in [-0.39, 0.29) is 38.4 Å². The van der Waals surface area contributed by atoms with Gasteiger partial charge in [0, 0.05) is 16.8 Å². The van der Waals surface area contributed by atoms with Crippen LogP contribution in [0.2, 0.25) is 10.0 Å². The zero-order valence-corrected chi connectivity index (χ0v) is 18.7. The van der Waals surface area contributed by atoms with E-state index in [1.807, 2.05) is 0 Å². The van der Waals surface area contributed by atoms with Gasteiger partial charge in [-0.15, -0.1) is 0 Å². The number of furan rings is 1. The number of ether oxygens (including phenoxy) is 1. The lowest BCUT2D eigenvalue weighted by Gasteiger charge is -2.23. The largest absolute Gasteiger partial charge is 0.507 e. The minimum Gasteiger partial charge on any atom is -0.507 e. The number of carbonyl (C=O) groups is 2. The predicted molar refractivity (Wildman–Crippen MR) is 118 cm³/mol. The number of benzene rings is 2. The molecule has 1 aliphatic heterocycles. The summed E-state index contributed by atoms with van der Waals surface area (Å²) in [7, 11) is 1.30. The lowest BCUT2D eigenvalue weighted by molar-refractivity contribution is -0.132. The molecule has 4 rings (SSSR count). The number of carbonyl (C=O) groups excluding carboxylic acids is 2. The Balaban J connectivity index is 2.00. The highest BCUT2D eigenvalue weighted by Crippen LogP contribution is 2.45. The Bertz CT molecular complexity index is 1330. The van der Waals surface area contributed by atoms with Gasteiger partial charge in [-0.2, -0.15) is 0 Å². The lowest BCUT2D eigenvalue weighted by Crippen LogP contribution is -2.29. The van der Waals surface area contributed by atoms with E-state index in [2.05, 4.69) is 0 Å². The molecule has 1 amide bonds. The molecule has 33 heavy (non-hydrogen) atoms. The van der Waals surface area contributed by atoms with Crippen molar-refractivity contribution in [3.63, 3.8) is 0 Å². The molecule has 1 N–H and O–H groups in total. The van der Waals surface area contributed by atoms with Crippen molar-refractivity contribution in [2.24, 2.45) is 0 Å². The molecule has 1 saturated heterocycles. The Kier molecular flexibility index (Phi) is 5.90. The maximum Gasteiger partial charge on any atom is 0.300 e. The highest BCUT2D eigenvalue weighted by atomic mass is 35.5. The highest BCUT2D eigenvalue weighted by molar-refractivity contribution is 6.51. The van der Waals surface area contributed by atoms with E-state index in [1.54, 1.807) is 13.0 Å². The average molecular weight is 494 g/mol. The molecule has 1 aliphatic rings. The number of amides is 1. The number of hydrogen-bond donors (Lipinski definition) is 1. The molecule has 1 unspecified atom stereocenters. The standard InChI is InChI=1S/C23H15Cl2F2NO5/c1-10-3-6-17(33-10)19-18(20(29)13-7-11(24)8-14(25)22(13)32-2)21(30)23(31)28(19)12-4-5-15(26)16(27)9-12/h3-9,19,29H,1-2H3/b20-18+. The van der Waals surface area contributed by atoms with Gasteiger partial charge >= 0.3 is 0 Å². The van der Waals surface area contributed by atoms with Crippen molar-refractivity contribution < 1.29 is 32.6 Å². The van der Waals surface area contributed by atoms with Crippen molar-refractivity contribution in [3.8, 4) is 5.75 Å². The van der Waals surface area contributed by atoms with Crippen LogP contribution in [0.25, 0.3) is 5.76 Å². The first-order valence-electron chi connectivity index (χ1n) is 9.49. The normalized spacial score (nSPS) is 17.6. The molecule has 10 heteroatoms. The Morgan fingerprint density at radius 2 is 1.82 bits per heavy atom. The van der Waals surface area contributed by atoms with Crippen LogP contribution in [0, 0.1) is 18.6 Å². The van der Waals surface area contributed by atoms with Gasteiger partial charge in [-0.3, -0.25) is 14.5 Å². The van der Waals surface area contributed by atoms with Crippen LogP contribution in [-0.4, -0.2) is 23.9 Å². The molecule has 3 aromatic rings. The molecule has 170 valence electrons. The van der Waals surface area contributed by atoms with Crippen molar-refractivity contribution >= 4 is 46.3 Å². The third-order valence-electron chi connectivity index (χ3n) is 5.12. The smallest absolute Gasteiger partial charge is 0.300 e. The number of ketones is 1.